The first-order chi connectivity index (χ1) is 9.38. The fourth-order valence-corrected chi connectivity index (χ4v) is 4.35. The molecular formula is C14H19BrFNO2S. The van der Waals surface area contributed by atoms with E-state index >= 15 is 0 Å². The fourth-order valence-electron chi connectivity index (χ4n) is 2.80. The molecule has 1 fully saturated rings. The summed E-state index contributed by atoms with van der Waals surface area (Å²) in [5, 5.41) is 0. The van der Waals surface area contributed by atoms with E-state index in [-0.39, 0.29) is 10.3 Å². The molecule has 1 N–H and O–H groups in total. The maximum atomic E-state index is 13.8. The van der Waals surface area contributed by atoms with Crippen molar-refractivity contribution in [3.8, 4) is 0 Å². The van der Waals surface area contributed by atoms with Gasteiger partial charge in [-0.2, -0.15) is 0 Å². The van der Waals surface area contributed by atoms with Gasteiger partial charge in [-0.05, 0) is 42.9 Å². The first kappa shape index (κ1) is 15.9. The molecule has 0 atom stereocenters. The van der Waals surface area contributed by atoms with E-state index < -0.39 is 15.8 Å². The van der Waals surface area contributed by atoms with Crippen molar-refractivity contribution < 1.29 is 12.8 Å². The highest BCUT2D eigenvalue weighted by Crippen LogP contribution is 2.40. The monoisotopic (exact) mass is 363 g/mol. The molecule has 0 unspecified atom stereocenters. The van der Waals surface area contributed by atoms with E-state index in [0.717, 1.165) is 32.1 Å². The van der Waals surface area contributed by atoms with Crippen molar-refractivity contribution in [3.63, 3.8) is 0 Å². The third-order valence-electron chi connectivity index (χ3n) is 4.23. The second-order valence-corrected chi connectivity index (χ2v) is 8.11. The molecule has 0 bridgehead atoms. The minimum absolute atomic E-state index is 0.0406. The van der Waals surface area contributed by atoms with Crippen LogP contribution in [-0.4, -0.2) is 15.0 Å². The Kier molecular flexibility index (Phi) is 4.87. The SMILES string of the molecule is CCC1(CNS(=O)(=O)c2ccc(Br)cc2F)CCCC1. The van der Waals surface area contributed by atoms with Crippen LogP contribution in [0.2, 0.25) is 0 Å². The number of hydrogen-bond donors (Lipinski definition) is 1. The van der Waals surface area contributed by atoms with Gasteiger partial charge in [-0.1, -0.05) is 35.7 Å². The van der Waals surface area contributed by atoms with Crippen molar-refractivity contribution >= 4 is 26.0 Å². The Balaban J connectivity index is 2.15. The maximum absolute atomic E-state index is 13.8. The lowest BCUT2D eigenvalue weighted by Crippen LogP contribution is -2.35. The Labute approximate surface area is 128 Å². The van der Waals surface area contributed by atoms with Crippen LogP contribution in [0.3, 0.4) is 0 Å². The van der Waals surface area contributed by atoms with E-state index in [2.05, 4.69) is 27.6 Å². The number of sulfonamides is 1. The molecule has 0 aliphatic heterocycles. The highest BCUT2D eigenvalue weighted by Gasteiger charge is 2.33. The van der Waals surface area contributed by atoms with Crippen LogP contribution in [-0.2, 0) is 10.0 Å². The fraction of sp³-hybridized carbons (Fsp3) is 0.571. The van der Waals surface area contributed by atoms with Gasteiger partial charge in [0.1, 0.15) is 10.7 Å². The summed E-state index contributed by atoms with van der Waals surface area (Å²) in [5.41, 5.74) is 0.0406. The van der Waals surface area contributed by atoms with Crippen molar-refractivity contribution in [1.29, 1.82) is 0 Å². The molecule has 1 aromatic rings. The predicted molar refractivity (Wildman–Crippen MR) is 80.5 cm³/mol. The van der Waals surface area contributed by atoms with Gasteiger partial charge in [0.05, 0.1) is 0 Å². The lowest BCUT2D eigenvalue weighted by Gasteiger charge is -2.27. The van der Waals surface area contributed by atoms with Gasteiger partial charge in [0.15, 0.2) is 0 Å². The summed E-state index contributed by atoms with van der Waals surface area (Å²) in [6, 6.07) is 3.98. The first-order valence-electron chi connectivity index (χ1n) is 6.83. The van der Waals surface area contributed by atoms with Gasteiger partial charge < -0.3 is 0 Å². The van der Waals surface area contributed by atoms with Crippen molar-refractivity contribution in [1.82, 2.24) is 4.72 Å². The molecule has 20 heavy (non-hydrogen) atoms. The number of halogens is 2. The molecule has 0 radical (unpaired) electrons. The topological polar surface area (TPSA) is 46.2 Å². The van der Waals surface area contributed by atoms with E-state index in [1.54, 1.807) is 0 Å². The van der Waals surface area contributed by atoms with E-state index in [4.69, 9.17) is 0 Å². The summed E-state index contributed by atoms with van der Waals surface area (Å²) < 4.78 is 41.3. The van der Waals surface area contributed by atoms with Crippen molar-refractivity contribution in [3.05, 3.63) is 28.5 Å². The number of nitrogens with one attached hydrogen (secondary N) is 1. The Morgan fingerprint density at radius 2 is 2.00 bits per heavy atom. The average molecular weight is 364 g/mol. The van der Waals surface area contributed by atoms with E-state index in [9.17, 15) is 12.8 Å². The molecule has 0 saturated heterocycles. The quantitative estimate of drug-likeness (QED) is 0.863. The van der Waals surface area contributed by atoms with Gasteiger partial charge >= 0.3 is 0 Å². The first-order valence-corrected chi connectivity index (χ1v) is 9.11. The predicted octanol–water partition coefficient (Wildman–Crippen LogP) is 3.84. The minimum Gasteiger partial charge on any atom is -0.211 e. The molecule has 6 heteroatoms. The van der Waals surface area contributed by atoms with Crippen LogP contribution in [0.1, 0.15) is 39.0 Å². The smallest absolute Gasteiger partial charge is 0.211 e. The Hall–Kier alpha value is -0.460. The molecule has 112 valence electrons. The highest BCUT2D eigenvalue weighted by atomic mass is 79.9. The number of rotatable bonds is 5. The molecule has 1 aliphatic carbocycles. The van der Waals surface area contributed by atoms with Gasteiger partial charge in [0.25, 0.3) is 0 Å². The standard InChI is InChI=1S/C14H19BrFNO2S/c1-2-14(7-3-4-8-14)10-17-20(18,19)13-6-5-11(15)9-12(13)16/h5-6,9,17H,2-4,7-8,10H2,1H3. The van der Waals surface area contributed by atoms with Crippen LogP contribution in [0.4, 0.5) is 4.39 Å². The van der Waals surface area contributed by atoms with Gasteiger partial charge in [0.2, 0.25) is 10.0 Å². The summed E-state index contributed by atoms with van der Waals surface area (Å²) in [4.78, 5) is -0.287. The lowest BCUT2D eigenvalue weighted by molar-refractivity contribution is 0.285. The van der Waals surface area contributed by atoms with E-state index in [1.807, 2.05) is 0 Å². The zero-order valence-electron chi connectivity index (χ0n) is 11.5. The van der Waals surface area contributed by atoms with Crippen molar-refractivity contribution in [2.24, 2.45) is 5.41 Å². The zero-order valence-corrected chi connectivity index (χ0v) is 13.9. The molecule has 1 aliphatic rings. The van der Waals surface area contributed by atoms with Gasteiger partial charge in [-0.15, -0.1) is 0 Å². The van der Waals surface area contributed by atoms with E-state index in [0.29, 0.717) is 11.0 Å². The normalized spacial score (nSPS) is 18.4. The summed E-state index contributed by atoms with van der Waals surface area (Å²) in [6.07, 6.45) is 5.30. The zero-order chi connectivity index (χ0) is 14.8. The molecular weight excluding hydrogens is 345 g/mol. The van der Waals surface area contributed by atoms with Crippen molar-refractivity contribution in [2.45, 2.75) is 43.9 Å². The number of hydrogen-bond acceptors (Lipinski definition) is 2. The second-order valence-electron chi connectivity index (χ2n) is 5.46. The molecule has 1 saturated carbocycles. The second kappa shape index (κ2) is 6.12. The molecule has 0 amide bonds. The Morgan fingerprint density at radius 3 is 2.55 bits per heavy atom. The Bertz CT molecular complexity index is 583. The van der Waals surface area contributed by atoms with E-state index in [1.165, 1.54) is 18.2 Å². The summed E-state index contributed by atoms with van der Waals surface area (Å²) in [6.45, 7) is 2.47. The summed E-state index contributed by atoms with van der Waals surface area (Å²) in [5.74, 6) is -0.733. The summed E-state index contributed by atoms with van der Waals surface area (Å²) in [7, 11) is -3.79. The largest absolute Gasteiger partial charge is 0.243 e. The van der Waals surface area contributed by atoms with Crippen LogP contribution < -0.4 is 4.72 Å². The molecule has 3 nitrogen and oxygen atoms in total. The molecule has 2 rings (SSSR count). The van der Waals surface area contributed by atoms with Crippen LogP contribution in [0, 0.1) is 11.2 Å². The minimum atomic E-state index is -3.79. The molecule has 0 aromatic heterocycles. The average Bonchev–Trinajstić information content (AvgIpc) is 2.85. The maximum Gasteiger partial charge on any atom is 0.243 e. The van der Waals surface area contributed by atoms with Crippen LogP contribution in [0.15, 0.2) is 27.6 Å². The van der Waals surface area contributed by atoms with Crippen LogP contribution in [0.5, 0.6) is 0 Å². The third kappa shape index (κ3) is 3.40. The van der Waals surface area contributed by atoms with Gasteiger partial charge in [-0.25, -0.2) is 17.5 Å². The molecule has 1 aromatic carbocycles. The van der Waals surface area contributed by atoms with Crippen LogP contribution in [0.25, 0.3) is 0 Å². The molecule has 0 heterocycles. The van der Waals surface area contributed by atoms with Gasteiger partial charge in [0, 0.05) is 11.0 Å². The highest BCUT2D eigenvalue weighted by molar-refractivity contribution is 9.10. The Morgan fingerprint density at radius 1 is 1.35 bits per heavy atom. The number of benzene rings is 1. The summed E-state index contributed by atoms with van der Waals surface area (Å²) >= 11 is 3.12. The van der Waals surface area contributed by atoms with Gasteiger partial charge in [-0.3, -0.25) is 0 Å². The van der Waals surface area contributed by atoms with Crippen molar-refractivity contribution in [2.75, 3.05) is 6.54 Å². The van der Waals surface area contributed by atoms with Crippen LogP contribution >= 0.6 is 15.9 Å². The molecule has 0 spiro atoms. The lowest BCUT2D eigenvalue weighted by atomic mass is 9.84. The third-order valence-corrected chi connectivity index (χ3v) is 6.16.